The second kappa shape index (κ2) is 12.8. The lowest BCUT2D eigenvalue weighted by atomic mass is 9.86. The summed E-state index contributed by atoms with van der Waals surface area (Å²) < 4.78 is 16.8. The van der Waals surface area contributed by atoms with Crippen LogP contribution >= 0.6 is 0 Å². The molecule has 31 heavy (non-hydrogen) atoms. The molecular weight excluding hydrogens is 396 g/mol. The van der Waals surface area contributed by atoms with E-state index in [0.29, 0.717) is 38.2 Å². The second-order valence-electron chi connectivity index (χ2n) is 9.15. The average Bonchev–Trinajstić information content (AvgIpc) is 2.81. The normalized spacial score (nSPS) is 23.8. The molecule has 0 aromatic rings. The van der Waals surface area contributed by atoms with Crippen LogP contribution in [-0.4, -0.2) is 42.6 Å². The van der Waals surface area contributed by atoms with Crippen molar-refractivity contribution in [3.8, 4) is 0 Å². The molecule has 1 rings (SSSR count). The molecule has 0 spiro atoms. The molecule has 0 radical (unpaired) electrons. The predicted octanol–water partition coefficient (Wildman–Crippen LogP) is 4.95. The van der Waals surface area contributed by atoms with Gasteiger partial charge in [-0.25, -0.2) is 0 Å². The Morgan fingerprint density at radius 3 is 2.48 bits per heavy atom. The van der Waals surface area contributed by atoms with E-state index in [2.05, 4.69) is 20.4 Å². The molecule has 0 bridgehead atoms. The fraction of sp³-hybridized carbons (Fsp3) is 0.720. The minimum absolute atomic E-state index is 0.0451. The number of ketones is 1. The van der Waals surface area contributed by atoms with Crippen LogP contribution in [0.4, 0.5) is 0 Å². The van der Waals surface area contributed by atoms with Gasteiger partial charge in [-0.3, -0.25) is 14.4 Å². The molecule has 1 aliphatic heterocycles. The van der Waals surface area contributed by atoms with E-state index in [-0.39, 0.29) is 36.4 Å². The molecule has 6 heteroatoms. The summed E-state index contributed by atoms with van der Waals surface area (Å²) in [7, 11) is 0. The SMILES string of the molecule is C=C(CC(=O)C(C)CCCC1(C)OC/C(=C/COC(C)=O)CC[C@H]1OC(C)=O)C(C)C. The van der Waals surface area contributed by atoms with Crippen molar-refractivity contribution >= 4 is 17.7 Å². The van der Waals surface area contributed by atoms with Crippen molar-refractivity contribution in [3.05, 3.63) is 23.8 Å². The molecule has 1 heterocycles. The van der Waals surface area contributed by atoms with E-state index in [1.54, 1.807) is 0 Å². The van der Waals surface area contributed by atoms with Crippen LogP contribution in [-0.2, 0) is 28.6 Å². The number of ether oxygens (including phenoxy) is 3. The fourth-order valence-electron chi connectivity index (χ4n) is 3.62. The molecule has 0 aliphatic carbocycles. The molecule has 0 saturated carbocycles. The third-order valence-electron chi connectivity index (χ3n) is 6.04. The zero-order chi connectivity index (χ0) is 23.6. The molecule has 0 aromatic heterocycles. The van der Waals surface area contributed by atoms with Crippen molar-refractivity contribution in [1.29, 1.82) is 0 Å². The quantitative estimate of drug-likeness (QED) is 0.337. The maximum absolute atomic E-state index is 12.5. The summed E-state index contributed by atoms with van der Waals surface area (Å²) in [6.45, 7) is 15.4. The van der Waals surface area contributed by atoms with Gasteiger partial charge in [-0.1, -0.05) is 32.9 Å². The van der Waals surface area contributed by atoms with E-state index < -0.39 is 5.60 Å². The van der Waals surface area contributed by atoms with Gasteiger partial charge in [0.15, 0.2) is 0 Å². The molecule has 3 atom stereocenters. The second-order valence-corrected chi connectivity index (χ2v) is 9.15. The topological polar surface area (TPSA) is 78.9 Å². The summed E-state index contributed by atoms with van der Waals surface area (Å²) >= 11 is 0. The van der Waals surface area contributed by atoms with Crippen LogP contribution in [0.3, 0.4) is 0 Å². The number of carbonyl (C=O) groups is 3. The number of allylic oxidation sites excluding steroid dienone is 1. The summed E-state index contributed by atoms with van der Waals surface area (Å²) in [4.78, 5) is 35.1. The standard InChI is InChI=1S/C25H40O6/c1-17(2)19(4)15-23(28)18(3)9-8-13-25(7)24(31-21(6)27)11-10-22(16-30-25)12-14-29-20(5)26/h12,17-18,24H,4,8-11,13-16H2,1-3,5-7H3/b22-12+/t18?,24-,25?/m1/s1. The zero-order valence-corrected chi connectivity index (χ0v) is 20.1. The molecule has 0 aromatic carbocycles. The number of esters is 2. The van der Waals surface area contributed by atoms with Crippen molar-refractivity contribution in [2.75, 3.05) is 13.2 Å². The monoisotopic (exact) mass is 436 g/mol. The molecule has 2 unspecified atom stereocenters. The highest BCUT2D eigenvalue weighted by molar-refractivity contribution is 5.82. The van der Waals surface area contributed by atoms with Crippen molar-refractivity contribution in [2.24, 2.45) is 11.8 Å². The first-order valence-corrected chi connectivity index (χ1v) is 11.3. The molecule has 6 nitrogen and oxygen atoms in total. The third kappa shape index (κ3) is 9.81. The number of hydrogen-bond acceptors (Lipinski definition) is 6. The molecular formula is C25H40O6. The molecule has 1 saturated heterocycles. The van der Waals surface area contributed by atoms with Crippen LogP contribution < -0.4 is 0 Å². The molecule has 0 N–H and O–H groups in total. The summed E-state index contributed by atoms with van der Waals surface area (Å²) in [6, 6.07) is 0. The molecule has 1 fully saturated rings. The first-order chi connectivity index (χ1) is 14.4. The van der Waals surface area contributed by atoms with E-state index in [1.165, 1.54) is 13.8 Å². The Balaban J connectivity index is 2.71. The Kier molecular flexibility index (Phi) is 11.2. The van der Waals surface area contributed by atoms with Gasteiger partial charge in [0.05, 0.1) is 6.61 Å². The Morgan fingerprint density at radius 2 is 1.90 bits per heavy atom. The van der Waals surface area contributed by atoms with E-state index in [1.807, 2.05) is 19.9 Å². The molecule has 0 amide bonds. The minimum atomic E-state index is -0.632. The van der Waals surface area contributed by atoms with Crippen LogP contribution in [0.2, 0.25) is 0 Å². The third-order valence-corrected chi connectivity index (χ3v) is 6.04. The summed E-state index contributed by atoms with van der Waals surface area (Å²) in [5, 5.41) is 0. The first kappa shape index (κ1) is 27.1. The lowest BCUT2D eigenvalue weighted by Gasteiger charge is -2.35. The molecule has 1 aliphatic rings. The van der Waals surface area contributed by atoms with Crippen LogP contribution in [0, 0.1) is 11.8 Å². The van der Waals surface area contributed by atoms with E-state index in [4.69, 9.17) is 14.2 Å². The van der Waals surface area contributed by atoms with Gasteiger partial charge in [0, 0.05) is 26.2 Å². The van der Waals surface area contributed by atoms with Crippen LogP contribution in [0.5, 0.6) is 0 Å². The van der Waals surface area contributed by atoms with Crippen molar-refractivity contribution in [3.63, 3.8) is 0 Å². The highest BCUT2D eigenvalue weighted by atomic mass is 16.6. The van der Waals surface area contributed by atoms with Crippen molar-refractivity contribution < 1.29 is 28.6 Å². The number of carbonyl (C=O) groups excluding carboxylic acids is 3. The number of Topliss-reactive ketones (excluding diaryl/α,β-unsaturated/α-hetero) is 1. The van der Waals surface area contributed by atoms with Crippen molar-refractivity contribution in [1.82, 2.24) is 0 Å². The van der Waals surface area contributed by atoms with E-state index >= 15 is 0 Å². The Hall–Kier alpha value is -1.95. The summed E-state index contributed by atoms with van der Waals surface area (Å²) in [6.07, 6.45) is 5.51. The highest BCUT2D eigenvalue weighted by Gasteiger charge is 2.39. The first-order valence-electron chi connectivity index (χ1n) is 11.3. The highest BCUT2D eigenvalue weighted by Crippen LogP contribution is 2.34. The largest absolute Gasteiger partial charge is 0.462 e. The lowest BCUT2D eigenvalue weighted by Crippen LogP contribution is -2.43. The van der Waals surface area contributed by atoms with Crippen LogP contribution in [0.25, 0.3) is 0 Å². The van der Waals surface area contributed by atoms with E-state index in [9.17, 15) is 14.4 Å². The lowest BCUT2D eigenvalue weighted by molar-refractivity contribution is -0.167. The van der Waals surface area contributed by atoms with Gasteiger partial charge in [0.2, 0.25) is 0 Å². The summed E-state index contributed by atoms with van der Waals surface area (Å²) in [5.41, 5.74) is 1.37. The van der Waals surface area contributed by atoms with Gasteiger partial charge in [-0.05, 0) is 56.6 Å². The maximum Gasteiger partial charge on any atom is 0.303 e. The smallest absolute Gasteiger partial charge is 0.303 e. The van der Waals surface area contributed by atoms with Gasteiger partial charge < -0.3 is 14.2 Å². The Bertz CT molecular complexity index is 677. The number of hydrogen-bond donors (Lipinski definition) is 0. The zero-order valence-electron chi connectivity index (χ0n) is 20.1. The Morgan fingerprint density at radius 1 is 1.23 bits per heavy atom. The average molecular weight is 437 g/mol. The predicted molar refractivity (Wildman–Crippen MR) is 120 cm³/mol. The van der Waals surface area contributed by atoms with Crippen LogP contribution in [0.1, 0.15) is 80.1 Å². The van der Waals surface area contributed by atoms with Gasteiger partial charge in [0.25, 0.3) is 0 Å². The Labute approximate surface area is 187 Å². The van der Waals surface area contributed by atoms with Gasteiger partial charge in [-0.2, -0.15) is 0 Å². The number of rotatable bonds is 11. The van der Waals surface area contributed by atoms with Gasteiger partial charge in [-0.15, -0.1) is 0 Å². The van der Waals surface area contributed by atoms with E-state index in [0.717, 1.165) is 24.0 Å². The van der Waals surface area contributed by atoms with Crippen molar-refractivity contribution in [2.45, 2.75) is 91.8 Å². The van der Waals surface area contributed by atoms with Gasteiger partial charge in [0.1, 0.15) is 24.1 Å². The fourth-order valence-corrected chi connectivity index (χ4v) is 3.62. The summed E-state index contributed by atoms with van der Waals surface area (Å²) in [5.74, 6) is -0.172. The maximum atomic E-state index is 12.5. The van der Waals surface area contributed by atoms with Crippen LogP contribution in [0.15, 0.2) is 23.8 Å². The minimum Gasteiger partial charge on any atom is -0.462 e. The van der Waals surface area contributed by atoms with Gasteiger partial charge >= 0.3 is 11.9 Å². The molecule has 176 valence electrons.